The highest BCUT2D eigenvalue weighted by Gasteiger charge is 2.28. The molecule has 0 heterocycles. The van der Waals surface area contributed by atoms with Crippen molar-refractivity contribution in [2.45, 2.75) is 52.2 Å². The van der Waals surface area contributed by atoms with Crippen molar-refractivity contribution in [3.8, 4) is 11.5 Å². The van der Waals surface area contributed by atoms with Gasteiger partial charge >= 0.3 is 0 Å². The van der Waals surface area contributed by atoms with Crippen molar-refractivity contribution in [3.05, 3.63) is 12.2 Å². The van der Waals surface area contributed by atoms with Crippen LogP contribution in [0.5, 0.6) is 0 Å². The van der Waals surface area contributed by atoms with E-state index in [0.29, 0.717) is 6.42 Å². The fourth-order valence-corrected chi connectivity index (χ4v) is 2.52. The summed E-state index contributed by atoms with van der Waals surface area (Å²) in [5.41, 5.74) is 3.45. The zero-order valence-electron chi connectivity index (χ0n) is 10.9. The van der Waals surface area contributed by atoms with E-state index in [9.17, 15) is 4.79 Å². The molecule has 0 saturated carbocycles. The predicted molar refractivity (Wildman–Crippen MR) is 71.8 cm³/mol. The van der Waals surface area contributed by atoms with Gasteiger partial charge < -0.3 is 0 Å². The van der Waals surface area contributed by atoms with Crippen LogP contribution in [0.2, 0.25) is 19.6 Å². The van der Waals surface area contributed by atoms with Gasteiger partial charge in [-0.1, -0.05) is 45.0 Å². The first-order valence-corrected chi connectivity index (χ1v) is 9.63. The first-order valence-electron chi connectivity index (χ1n) is 6.13. The van der Waals surface area contributed by atoms with Crippen LogP contribution in [0.25, 0.3) is 0 Å². The van der Waals surface area contributed by atoms with Crippen LogP contribution in [-0.4, -0.2) is 13.9 Å². The second kappa shape index (κ2) is 5.01. The van der Waals surface area contributed by atoms with Gasteiger partial charge in [0.15, 0.2) is 5.78 Å². The van der Waals surface area contributed by atoms with Gasteiger partial charge in [-0.25, -0.2) is 0 Å². The van der Waals surface area contributed by atoms with Crippen molar-refractivity contribution < 1.29 is 4.79 Å². The molecule has 1 rings (SSSR count). The van der Waals surface area contributed by atoms with Crippen LogP contribution in [0.1, 0.15) is 32.6 Å². The summed E-state index contributed by atoms with van der Waals surface area (Å²) >= 11 is 0. The lowest BCUT2D eigenvalue weighted by molar-refractivity contribution is -0.115. The minimum absolute atomic E-state index is 0.0110. The van der Waals surface area contributed by atoms with Gasteiger partial charge in [0.25, 0.3) is 0 Å². The molecule has 0 saturated heterocycles. The van der Waals surface area contributed by atoms with Gasteiger partial charge in [0, 0.05) is 11.8 Å². The molecule has 1 atom stereocenters. The first kappa shape index (κ1) is 13.3. The minimum atomic E-state index is -1.31. The van der Waals surface area contributed by atoms with Crippen LogP contribution in [0.3, 0.4) is 0 Å². The molecule has 16 heavy (non-hydrogen) atoms. The van der Waals surface area contributed by atoms with E-state index < -0.39 is 8.07 Å². The van der Waals surface area contributed by atoms with E-state index in [-0.39, 0.29) is 11.2 Å². The largest absolute Gasteiger partial charge is 0.295 e. The highest BCUT2D eigenvalue weighted by atomic mass is 28.3. The molecule has 0 aromatic rings. The predicted octanol–water partition coefficient (Wildman–Crippen LogP) is 3.57. The molecule has 0 aromatic carbocycles. The van der Waals surface area contributed by atoms with Crippen LogP contribution in [0.4, 0.5) is 0 Å². The molecule has 0 spiro atoms. The van der Waals surface area contributed by atoms with Gasteiger partial charge in [0.1, 0.15) is 8.07 Å². The maximum atomic E-state index is 11.2. The molecule has 0 aliphatic heterocycles. The maximum Gasteiger partial charge on any atom is 0.155 e. The van der Waals surface area contributed by atoms with Crippen molar-refractivity contribution >= 4 is 13.9 Å². The van der Waals surface area contributed by atoms with Crippen molar-refractivity contribution in [1.29, 1.82) is 0 Å². The lowest BCUT2D eigenvalue weighted by Crippen LogP contribution is -2.24. The molecule has 1 unspecified atom stereocenters. The summed E-state index contributed by atoms with van der Waals surface area (Å²) in [7, 11) is -1.31. The number of carbonyl (C=O) groups excluding carboxylic acids is 1. The molecular weight excluding hydrogens is 212 g/mol. The van der Waals surface area contributed by atoms with Crippen LogP contribution in [0, 0.1) is 16.9 Å². The highest BCUT2D eigenvalue weighted by molar-refractivity contribution is 6.83. The zero-order valence-corrected chi connectivity index (χ0v) is 11.9. The molecule has 0 aromatic heterocycles. The van der Waals surface area contributed by atoms with Crippen LogP contribution < -0.4 is 0 Å². The van der Waals surface area contributed by atoms with Gasteiger partial charge in [-0.05, 0) is 18.9 Å². The van der Waals surface area contributed by atoms with E-state index in [2.05, 4.69) is 44.1 Å². The van der Waals surface area contributed by atoms with E-state index in [0.717, 1.165) is 19.3 Å². The molecule has 1 nitrogen and oxygen atoms in total. The van der Waals surface area contributed by atoms with Gasteiger partial charge in [-0.2, -0.15) is 0 Å². The van der Waals surface area contributed by atoms with Crippen molar-refractivity contribution in [2.75, 3.05) is 0 Å². The Morgan fingerprint density at radius 3 is 2.56 bits per heavy atom. The number of allylic oxidation sites excluding steroid dienone is 2. The van der Waals surface area contributed by atoms with Crippen LogP contribution in [-0.2, 0) is 4.79 Å². The average Bonchev–Trinajstić information content (AvgIpc) is 2.19. The van der Waals surface area contributed by atoms with E-state index in [1.165, 1.54) is 0 Å². The lowest BCUT2D eigenvalue weighted by Gasteiger charge is -2.27. The van der Waals surface area contributed by atoms with E-state index in [1.54, 1.807) is 6.08 Å². The second-order valence-corrected chi connectivity index (χ2v) is 10.5. The Hall–Kier alpha value is -0.813. The number of ketones is 1. The highest BCUT2D eigenvalue weighted by Crippen LogP contribution is 2.34. The van der Waals surface area contributed by atoms with Crippen LogP contribution in [0.15, 0.2) is 12.2 Å². The van der Waals surface area contributed by atoms with Crippen molar-refractivity contribution in [3.63, 3.8) is 0 Å². The van der Waals surface area contributed by atoms with Crippen LogP contribution >= 0.6 is 0 Å². The van der Waals surface area contributed by atoms with E-state index in [4.69, 9.17) is 0 Å². The number of hydrogen-bond acceptors (Lipinski definition) is 1. The molecule has 1 aliphatic carbocycles. The normalized spacial score (nSPS) is 25.1. The van der Waals surface area contributed by atoms with Crippen molar-refractivity contribution in [1.82, 2.24) is 0 Å². The third-order valence-corrected chi connectivity index (χ3v) is 3.66. The lowest BCUT2D eigenvalue weighted by atomic mass is 9.76. The van der Waals surface area contributed by atoms with Gasteiger partial charge in [-0.3, -0.25) is 4.79 Å². The van der Waals surface area contributed by atoms with E-state index in [1.807, 2.05) is 0 Å². The smallest absolute Gasteiger partial charge is 0.155 e. The molecule has 1 aliphatic rings. The molecule has 2 heteroatoms. The molecule has 0 amide bonds. The summed E-state index contributed by atoms with van der Waals surface area (Å²) in [4.78, 5) is 11.2. The summed E-state index contributed by atoms with van der Waals surface area (Å²) in [6.45, 7) is 8.97. The number of carbonyl (C=O) groups is 1. The Morgan fingerprint density at radius 2 is 2.12 bits per heavy atom. The van der Waals surface area contributed by atoms with Gasteiger partial charge in [-0.15, -0.1) is 5.54 Å². The molecule has 88 valence electrons. The quantitative estimate of drug-likeness (QED) is 0.527. The Bertz CT molecular complexity index is 351. The second-order valence-electron chi connectivity index (χ2n) is 5.71. The average molecular weight is 234 g/mol. The standard InChI is InChI=1S/C14H22OSi/c1-5-8-14(11-12-16(2,3)4)9-6-13(15)7-10-14/h6,9H,5,7-8,10H2,1-4H3. The van der Waals surface area contributed by atoms with E-state index >= 15 is 0 Å². The van der Waals surface area contributed by atoms with Gasteiger partial charge in [0.05, 0.1) is 0 Å². The fraction of sp³-hybridized carbons (Fsp3) is 0.643. The monoisotopic (exact) mass is 234 g/mol. The summed E-state index contributed by atoms with van der Waals surface area (Å²) in [6, 6.07) is 0. The Kier molecular flexibility index (Phi) is 4.15. The molecule has 0 fully saturated rings. The van der Waals surface area contributed by atoms with Crippen molar-refractivity contribution in [2.24, 2.45) is 5.41 Å². The zero-order chi connectivity index (χ0) is 12.2. The minimum Gasteiger partial charge on any atom is -0.295 e. The number of rotatable bonds is 2. The molecule has 0 bridgehead atoms. The molecule has 0 N–H and O–H groups in total. The summed E-state index contributed by atoms with van der Waals surface area (Å²) in [5, 5.41) is 0. The third-order valence-electron chi connectivity index (χ3n) is 2.79. The summed E-state index contributed by atoms with van der Waals surface area (Å²) < 4.78 is 0. The number of hydrogen-bond donors (Lipinski definition) is 0. The SMILES string of the molecule is CCCC1(C#C[Si](C)(C)C)C=CC(=O)CC1. The topological polar surface area (TPSA) is 17.1 Å². The Labute approximate surface area is 100 Å². The maximum absolute atomic E-state index is 11.2. The Morgan fingerprint density at radius 1 is 1.44 bits per heavy atom. The summed E-state index contributed by atoms with van der Waals surface area (Å²) in [6.07, 6.45) is 7.56. The fourth-order valence-electron chi connectivity index (χ4n) is 1.90. The third kappa shape index (κ3) is 3.98. The molecular formula is C14H22OSi. The summed E-state index contributed by atoms with van der Waals surface area (Å²) in [5.74, 6) is 3.72. The Balaban J connectivity index is 2.93. The first-order chi connectivity index (χ1) is 7.37. The van der Waals surface area contributed by atoms with Gasteiger partial charge in [0.2, 0.25) is 0 Å². The molecule has 0 radical (unpaired) electrons.